The molecule has 1 aliphatic rings. The molecule has 4 heteroatoms. The van der Waals surface area contributed by atoms with Gasteiger partial charge in [-0.2, -0.15) is 5.26 Å². The number of hydrogen-bond acceptors (Lipinski definition) is 3. The van der Waals surface area contributed by atoms with Crippen LogP contribution in [0.2, 0.25) is 0 Å². The van der Waals surface area contributed by atoms with Crippen molar-refractivity contribution in [3.05, 3.63) is 24.8 Å². The minimum absolute atomic E-state index is 0.00950. The van der Waals surface area contributed by atoms with Crippen molar-refractivity contribution in [3.8, 4) is 6.07 Å². The Morgan fingerprint density at radius 1 is 1.65 bits per heavy atom. The van der Waals surface area contributed by atoms with Crippen LogP contribution in [-0.2, 0) is 4.79 Å². The number of aliphatic carboxylic acids is 1. The van der Waals surface area contributed by atoms with E-state index in [2.05, 4.69) is 13.2 Å². The molecule has 1 fully saturated rings. The minimum atomic E-state index is -1.11. The topological polar surface area (TPSA) is 81.3 Å². The van der Waals surface area contributed by atoms with Crippen LogP contribution in [0.25, 0.3) is 0 Å². The molecule has 3 atom stereocenters. The molecule has 1 rings (SSSR count). The minimum Gasteiger partial charge on any atom is -0.481 e. The Kier molecular flexibility index (Phi) is 3.17. The van der Waals surface area contributed by atoms with Crippen molar-refractivity contribution in [2.45, 2.75) is 26.4 Å². The molecule has 1 saturated carbocycles. The summed E-state index contributed by atoms with van der Waals surface area (Å²) in [7, 11) is 0. The highest BCUT2D eigenvalue weighted by atomic mass is 16.4. The van der Waals surface area contributed by atoms with Gasteiger partial charge in [-0.3, -0.25) is 4.79 Å². The first kappa shape index (κ1) is 13.5. The molecule has 2 N–H and O–H groups in total. The summed E-state index contributed by atoms with van der Waals surface area (Å²) in [5.41, 5.74) is -1.62. The number of aliphatic hydroxyl groups is 1. The lowest BCUT2D eigenvalue weighted by Crippen LogP contribution is -2.24. The highest BCUT2D eigenvalue weighted by molar-refractivity contribution is 5.81. The van der Waals surface area contributed by atoms with Gasteiger partial charge in [0.05, 0.1) is 23.2 Å². The monoisotopic (exact) mass is 235 g/mol. The van der Waals surface area contributed by atoms with Gasteiger partial charge in [0.25, 0.3) is 0 Å². The fraction of sp³-hybridized carbons (Fsp3) is 0.538. The number of allylic oxidation sites excluding steroid dienone is 1. The van der Waals surface area contributed by atoms with Gasteiger partial charge in [-0.15, -0.1) is 6.58 Å². The molecule has 0 aromatic carbocycles. The summed E-state index contributed by atoms with van der Waals surface area (Å²) < 4.78 is 0. The van der Waals surface area contributed by atoms with Crippen LogP contribution in [0, 0.1) is 28.1 Å². The van der Waals surface area contributed by atoms with E-state index in [9.17, 15) is 15.0 Å². The standard InChI is InChI=1S/C13H17NO3/c1-5-6-13(11(16)17)10(12(13,3)4)9(15)8(2)7-14/h5,9-10,15H,1-2,6H2,3-4H3,(H,16,17). The Bertz CT molecular complexity index is 419. The smallest absolute Gasteiger partial charge is 0.310 e. The van der Waals surface area contributed by atoms with E-state index in [1.54, 1.807) is 19.9 Å². The van der Waals surface area contributed by atoms with Crippen LogP contribution in [0.4, 0.5) is 0 Å². The van der Waals surface area contributed by atoms with Gasteiger partial charge >= 0.3 is 5.97 Å². The molecule has 92 valence electrons. The van der Waals surface area contributed by atoms with Crippen molar-refractivity contribution < 1.29 is 15.0 Å². The van der Waals surface area contributed by atoms with E-state index >= 15 is 0 Å². The molecule has 0 spiro atoms. The van der Waals surface area contributed by atoms with Gasteiger partial charge in [-0.1, -0.05) is 26.5 Å². The van der Waals surface area contributed by atoms with Crippen LogP contribution >= 0.6 is 0 Å². The van der Waals surface area contributed by atoms with Crippen LogP contribution in [0.5, 0.6) is 0 Å². The fourth-order valence-electron chi connectivity index (χ4n) is 2.94. The fourth-order valence-corrected chi connectivity index (χ4v) is 2.94. The Morgan fingerprint density at radius 3 is 2.53 bits per heavy atom. The van der Waals surface area contributed by atoms with Crippen LogP contribution in [0.3, 0.4) is 0 Å². The number of carbonyl (C=O) groups is 1. The van der Waals surface area contributed by atoms with E-state index in [1.807, 2.05) is 0 Å². The second kappa shape index (κ2) is 4.01. The second-order valence-corrected chi connectivity index (χ2v) is 5.05. The third-order valence-corrected chi connectivity index (χ3v) is 4.04. The van der Waals surface area contributed by atoms with Crippen LogP contribution < -0.4 is 0 Å². The SMILES string of the molecule is C=CCC1(C(=O)O)C(C(O)C(=C)C#N)C1(C)C. The van der Waals surface area contributed by atoms with Crippen LogP contribution in [0.1, 0.15) is 20.3 Å². The molecule has 0 bridgehead atoms. The number of hydrogen-bond donors (Lipinski definition) is 2. The van der Waals surface area contributed by atoms with Gasteiger partial charge in [0.15, 0.2) is 0 Å². The first-order valence-corrected chi connectivity index (χ1v) is 5.38. The Balaban J connectivity index is 3.12. The summed E-state index contributed by atoms with van der Waals surface area (Å²) in [4.78, 5) is 11.4. The zero-order valence-electron chi connectivity index (χ0n) is 10.1. The van der Waals surface area contributed by atoms with E-state index in [-0.39, 0.29) is 12.0 Å². The van der Waals surface area contributed by atoms with Crippen molar-refractivity contribution in [1.82, 2.24) is 0 Å². The van der Waals surface area contributed by atoms with Gasteiger partial charge in [-0.05, 0) is 11.8 Å². The quantitative estimate of drug-likeness (QED) is 0.561. The third-order valence-electron chi connectivity index (χ3n) is 4.04. The molecule has 0 amide bonds. The number of nitriles is 1. The molecule has 0 heterocycles. The maximum absolute atomic E-state index is 11.4. The molecule has 0 aromatic heterocycles. The molecule has 0 saturated heterocycles. The number of rotatable bonds is 5. The molecule has 0 radical (unpaired) electrons. The van der Waals surface area contributed by atoms with Gasteiger partial charge in [0, 0.05) is 5.92 Å². The first-order valence-electron chi connectivity index (χ1n) is 5.38. The molecule has 3 unspecified atom stereocenters. The molecular weight excluding hydrogens is 218 g/mol. The largest absolute Gasteiger partial charge is 0.481 e. The molecule has 0 aromatic rings. The summed E-state index contributed by atoms with van der Waals surface area (Å²) in [6.07, 6.45) is 0.707. The summed E-state index contributed by atoms with van der Waals surface area (Å²) in [5.74, 6) is -1.46. The predicted molar refractivity (Wildman–Crippen MR) is 62.9 cm³/mol. The van der Waals surface area contributed by atoms with Crippen molar-refractivity contribution >= 4 is 5.97 Å². The Morgan fingerprint density at radius 2 is 2.18 bits per heavy atom. The summed E-state index contributed by atoms with van der Waals surface area (Å²) in [6.45, 7) is 10.6. The van der Waals surface area contributed by atoms with Crippen molar-refractivity contribution in [2.24, 2.45) is 16.7 Å². The van der Waals surface area contributed by atoms with Gasteiger partial charge in [0.2, 0.25) is 0 Å². The van der Waals surface area contributed by atoms with E-state index < -0.39 is 28.8 Å². The number of carboxylic acids is 1. The normalized spacial score (nSPS) is 31.1. The Hall–Kier alpha value is -1.60. The van der Waals surface area contributed by atoms with Gasteiger partial charge in [0.1, 0.15) is 0 Å². The maximum atomic E-state index is 11.4. The average Bonchev–Trinajstić information content (AvgIpc) is 2.75. The molecule has 17 heavy (non-hydrogen) atoms. The van der Waals surface area contributed by atoms with E-state index in [4.69, 9.17) is 5.26 Å². The highest BCUT2D eigenvalue weighted by Gasteiger charge is 2.77. The average molecular weight is 235 g/mol. The zero-order chi connectivity index (χ0) is 13.4. The number of aliphatic hydroxyl groups excluding tert-OH is 1. The first-order chi connectivity index (χ1) is 7.77. The molecule has 1 aliphatic carbocycles. The van der Waals surface area contributed by atoms with E-state index in [1.165, 1.54) is 6.08 Å². The van der Waals surface area contributed by atoms with Gasteiger partial charge in [-0.25, -0.2) is 0 Å². The second-order valence-electron chi connectivity index (χ2n) is 5.05. The molecular formula is C13H17NO3. The van der Waals surface area contributed by atoms with Gasteiger partial charge < -0.3 is 10.2 Å². The zero-order valence-corrected chi connectivity index (χ0v) is 10.1. The summed E-state index contributed by atoms with van der Waals surface area (Å²) in [6, 6.07) is 1.78. The van der Waals surface area contributed by atoms with Crippen LogP contribution in [-0.4, -0.2) is 22.3 Å². The number of nitrogens with zero attached hydrogens (tertiary/aromatic N) is 1. The summed E-state index contributed by atoms with van der Waals surface area (Å²) >= 11 is 0. The van der Waals surface area contributed by atoms with E-state index in [0.717, 1.165) is 0 Å². The van der Waals surface area contributed by atoms with Crippen LogP contribution in [0.15, 0.2) is 24.8 Å². The number of carboxylic acid groups (broad SMARTS) is 1. The van der Waals surface area contributed by atoms with E-state index in [0.29, 0.717) is 0 Å². The predicted octanol–water partition coefficient (Wildman–Crippen LogP) is 1.73. The lowest BCUT2D eigenvalue weighted by atomic mass is 9.92. The van der Waals surface area contributed by atoms with Crippen molar-refractivity contribution in [1.29, 1.82) is 5.26 Å². The maximum Gasteiger partial charge on any atom is 0.310 e. The Labute approximate surface area is 101 Å². The lowest BCUT2D eigenvalue weighted by molar-refractivity contribution is -0.145. The lowest BCUT2D eigenvalue weighted by Gasteiger charge is -2.13. The van der Waals surface area contributed by atoms with Crippen molar-refractivity contribution in [3.63, 3.8) is 0 Å². The highest BCUT2D eigenvalue weighted by Crippen LogP contribution is 2.72. The third kappa shape index (κ3) is 1.58. The molecule has 0 aliphatic heterocycles. The molecule has 4 nitrogen and oxygen atoms in total. The van der Waals surface area contributed by atoms with Crippen molar-refractivity contribution in [2.75, 3.05) is 0 Å². The summed E-state index contributed by atoms with van der Waals surface area (Å²) in [5, 5.41) is 28.1.